The van der Waals surface area contributed by atoms with Gasteiger partial charge in [-0.25, -0.2) is 0 Å². The van der Waals surface area contributed by atoms with Gasteiger partial charge in [-0.3, -0.25) is 4.79 Å². The van der Waals surface area contributed by atoms with E-state index in [4.69, 9.17) is 0 Å². The fourth-order valence-corrected chi connectivity index (χ4v) is 2.40. The Bertz CT molecular complexity index is 387. The van der Waals surface area contributed by atoms with Crippen molar-refractivity contribution in [3.8, 4) is 0 Å². The third-order valence-corrected chi connectivity index (χ3v) is 3.28. The summed E-state index contributed by atoms with van der Waals surface area (Å²) in [4.78, 5) is 12.7. The van der Waals surface area contributed by atoms with Crippen LogP contribution in [0.2, 0.25) is 0 Å². The molecule has 0 bridgehead atoms. The summed E-state index contributed by atoms with van der Waals surface area (Å²) in [7, 11) is 1.84. The van der Waals surface area contributed by atoms with Gasteiger partial charge in [-0.2, -0.15) is 0 Å². The molecule has 0 aliphatic rings. The first-order chi connectivity index (χ1) is 8.40. The quantitative estimate of drug-likeness (QED) is 0.817. The maximum atomic E-state index is 11.5. The molecule has 1 aromatic carbocycles. The smallest absolute Gasteiger partial charge is 0.225 e. The molecule has 1 rings (SSSR count). The first-order valence-corrected chi connectivity index (χ1v) is 6.96. The number of halogens is 1. The van der Waals surface area contributed by atoms with E-state index in [1.54, 1.807) is 0 Å². The van der Waals surface area contributed by atoms with Crippen LogP contribution in [0.25, 0.3) is 0 Å². The number of rotatable bonds is 5. The maximum Gasteiger partial charge on any atom is 0.225 e. The van der Waals surface area contributed by atoms with Crippen molar-refractivity contribution >= 4 is 35.8 Å². The molecule has 0 saturated carbocycles. The van der Waals surface area contributed by atoms with Crippen molar-refractivity contribution in [1.82, 2.24) is 5.32 Å². The molecular formula is C14H23ClN2OS. The number of nitrogens with one attached hydrogen (secondary N) is 2. The molecule has 0 atom stereocenters. The van der Waals surface area contributed by atoms with Crippen molar-refractivity contribution in [1.29, 1.82) is 0 Å². The first-order valence-electron chi connectivity index (χ1n) is 6.14. The number of hydrogen-bond acceptors (Lipinski definition) is 3. The lowest BCUT2D eigenvalue weighted by Gasteiger charge is -2.17. The summed E-state index contributed by atoms with van der Waals surface area (Å²) in [5.41, 5.74) is 0.856. The number of amides is 1. The average molecular weight is 303 g/mol. The summed E-state index contributed by atoms with van der Waals surface area (Å²) in [6, 6.07) is 7.99. The summed E-state index contributed by atoms with van der Waals surface area (Å²) in [6.07, 6.45) is 0.495. The van der Waals surface area contributed by atoms with E-state index >= 15 is 0 Å². The first kappa shape index (κ1) is 18.3. The van der Waals surface area contributed by atoms with E-state index in [0.29, 0.717) is 13.0 Å². The van der Waals surface area contributed by atoms with Gasteiger partial charge in [0.2, 0.25) is 5.91 Å². The number of anilines is 1. The van der Waals surface area contributed by atoms with Crippen molar-refractivity contribution < 1.29 is 4.79 Å². The van der Waals surface area contributed by atoms with E-state index in [1.165, 1.54) is 4.90 Å². The van der Waals surface area contributed by atoms with Crippen LogP contribution in [0.15, 0.2) is 29.2 Å². The number of hydrogen-bond donors (Lipinski definition) is 2. The fourth-order valence-electron chi connectivity index (χ4n) is 1.42. The van der Waals surface area contributed by atoms with Crippen LogP contribution < -0.4 is 10.6 Å². The Morgan fingerprint density at radius 3 is 2.26 bits per heavy atom. The summed E-state index contributed by atoms with van der Waals surface area (Å²) < 4.78 is 0.206. The molecule has 0 unspecified atom stereocenters. The summed E-state index contributed by atoms with van der Waals surface area (Å²) in [6.45, 7) is 7.26. The Morgan fingerprint density at radius 1 is 1.21 bits per heavy atom. The molecule has 2 N–H and O–H groups in total. The van der Waals surface area contributed by atoms with E-state index in [9.17, 15) is 4.79 Å². The molecule has 0 aliphatic heterocycles. The normalized spacial score (nSPS) is 10.7. The minimum absolute atomic E-state index is 0. The van der Waals surface area contributed by atoms with E-state index < -0.39 is 0 Å². The predicted octanol–water partition coefficient (Wildman–Crippen LogP) is 3.55. The van der Waals surface area contributed by atoms with Crippen LogP contribution in [0.1, 0.15) is 27.2 Å². The minimum Gasteiger partial charge on any atom is -0.326 e. The van der Waals surface area contributed by atoms with E-state index in [1.807, 2.05) is 43.1 Å². The monoisotopic (exact) mass is 302 g/mol. The minimum atomic E-state index is 0. The van der Waals surface area contributed by atoms with Crippen LogP contribution in [0.5, 0.6) is 0 Å². The molecule has 0 aromatic heterocycles. The van der Waals surface area contributed by atoms with Gasteiger partial charge < -0.3 is 10.6 Å². The summed E-state index contributed by atoms with van der Waals surface area (Å²) in [5.74, 6) is 0.0422. The second-order valence-corrected chi connectivity index (χ2v) is 7.04. The van der Waals surface area contributed by atoms with Gasteiger partial charge in [0.15, 0.2) is 0 Å². The topological polar surface area (TPSA) is 41.1 Å². The van der Waals surface area contributed by atoms with Gasteiger partial charge in [-0.05, 0) is 31.3 Å². The molecule has 19 heavy (non-hydrogen) atoms. The highest BCUT2D eigenvalue weighted by Crippen LogP contribution is 2.32. The zero-order valence-corrected chi connectivity index (χ0v) is 13.6. The maximum absolute atomic E-state index is 11.5. The summed E-state index contributed by atoms with van der Waals surface area (Å²) in [5, 5.41) is 5.83. The number of carbonyl (C=O) groups is 1. The second kappa shape index (κ2) is 8.46. The number of benzene rings is 1. The molecule has 108 valence electrons. The lowest BCUT2D eigenvalue weighted by molar-refractivity contribution is -0.116. The second-order valence-electron chi connectivity index (χ2n) is 5.14. The Labute approximate surface area is 126 Å². The van der Waals surface area contributed by atoms with E-state index in [0.717, 1.165) is 5.69 Å². The Hall–Kier alpha value is -0.710. The van der Waals surface area contributed by atoms with Crippen molar-refractivity contribution in [2.24, 2.45) is 0 Å². The van der Waals surface area contributed by atoms with E-state index in [2.05, 4.69) is 31.4 Å². The van der Waals surface area contributed by atoms with Gasteiger partial charge >= 0.3 is 0 Å². The van der Waals surface area contributed by atoms with Gasteiger partial charge in [-0.15, -0.1) is 24.2 Å². The summed E-state index contributed by atoms with van der Waals surface area (Å²) >= 11 is 1.82. The van der Waals surface area contributed by atoms with Crippen molar-refractivity contribution in [3.05, 3.63) is 24.3 Å². The molecule has 3 nitrogen and oxygen atoms in total. The van der Waals surface area contributed by atoms with Crippen LogP contribution in [-0.2, 0) is 4.79 Å². The highest BCUT2D eigenvalue weighted by molar-refractivity contribution is 8.00. The van der Waals surface area contributed by atoms with Crippen LogP contribution >= 0.6 is 24.2 Å². The fraction of sp³-hybridized carbons (Fsp3) is 0.500. The lowest BCUT2D eigenvalue weighted by Crippen LogP contribution is -2.18. The van der Waals surface area contributed by atoms with Crippen LogP contribution in [0.3, 0.4) is 0 Å². The largest absolute Gasteiger partial charge is 0.326 e. The lowest BCUT2D eigenvalue weighted by atomic mass is 10.3. The van der Waals surface area contributed by atoms with E-state index in [-0.39, 0.29) is 23.1 Å². The highest BCUT2D eigenvalue weighted by atomic mass is 35.5. The van der Waals surface area contributed by atoms with Gasteiger partial charge in [0.1, 0.15) is 0 Å². The molecule has 0 spiro atoms. The third-order valence-electron chi connectivity index (χ3n) is 2.16. The molecule has 5 heteroatoms. The van der Waals surface area contributed by atoms with Crippen LogP contribution in [0, 0.1) is 0 Å². The van der Waals surface area contributed by atoms with Crippen LogP contribution in [-0.4, -0.2) is 24.2 Å². The van der Waals surface area contributed by atoms with Crippen molar-refractivity contribution in [3.63, 3.8) is 0 Å². The number of thioether (sulfide) groups is 1. The molecule has 0 fully saturated rings. The molecule has 0 saturated heterocycles. The molecule has 1 amide bonds. The average Bonchev–Trinajstić information content (AvgIpc) is 2.27. The van der Waals surface area contributed by atoms with Gasteiger partial charge in [0.05, 0.1) is 0 Å². The Kier molecular flexibility index (Phi) is 8.14. The zero-order chi connectivity index (χ0) is 13.6. The van der Waals surface area contributed by atoms with Crippen LogP contribution in [0.4, 0.5) is 5.69 Å². The third kappa shape index (κ3) is 8.14. The molecular weight excluding hydrogens is 280 g/mol. The highest BCUT2D eigenvalue weighted by Gasteiger charge is 2.11. The molecule has 0 radical (unpaired) electrons. The van der Waals surface area contributed by atoms with Gasteiger partial charge in [0.25, 0.3) is 0 Å². The van der Waals surface area contributed by atoms with Crippen molar-refractivity contribution in [2.75, 3.05) is 18.9 Å². The number of carbonyl (C=O) groups excluding carboxylic acids is 1. The standard InChI is InChI=1S/C14H22N2OS.ClH/c1-14(2,3)18-12-7-5-11(6-8-12)16-13(17)9-10-15-4;/h5-8,15H,9-10H2,1-4H3,(H,16,17);1H. The predicted molar refractivity (Wildman–Crippen MR) is 86.5 cm³/mol. The Balaban J connectivity index is 0.00000324. The Morgan fingerprint density at radius 2 is 1.79 bits per heavy atom. The molecule has 0 heterocycles. The van der Waals surface area contributed by atoms with Crippen molar-refractivity contribution in [2.45, 2.75) is 36.8 Å². The van der Waals surface area contributed by atoms with Gasteiger partial charge in [-0.1, -0.05) is 20.8 Å². The molecule has 1 aromatic rings. The zero-order valence-electron chi connectivity index (χ0n) is 11.9. The van der Waals surface area contributed by atoms with Gasteiger partial charge in [0, 0.05) is 28.3 Å². The SMILES string of the molecule is CNCCC(=O)Nc1ccc(SC(C)(C)C)cc1.Cl. The molecule has 0 aliphatic carbocycles.